The predicted octanol–water partition coefficient (Wildman–Crippen LogP) is 5.08. The van der Waals surface area contributed by atoms with Crippen LogP contribution in [0.4, 0.5) is 0 Å². The average molecular weight is 293 g/mol. The molecule has 2 rings (SSSR count). The quantitative estimate of drug-likeness (QED) is 0.696. The van der Waals surface area contributed by atoms with Crippen molar-refractivity contribution in [2.75, 3.05) is 6.61 Å². The Hall–Kier alpha value is -2.27. The molecule has 1 unspecified atom stereocenters. The van der Waals surface area contributed by atoms with E-state index in [4.69, 9.17) is 4.74 Å². The van der Waals surface area contributed by atoms with Crippen LogP contribution in [0.15, 0.2) is 42.5 Å². The molecule has 1 atom stereocenters. The van der Waals surface area contributed by atoms with Gasteiger partial charge in [-0.3, -0.25) is 0 Å². The van der Waals surface area contributed by atoms with E-state index in [-0.39, 0.29) is 5.92 Å². The summed E-state index contributed by atoms with van der Waals surface area (Å²) in [5, 5.41) is 9.52. The Morgan fingerprint density at radius 1 is 1.05 bits per heavy atom. The van der Waals surface area contributed by atoms with Crippen LogP contribution in [0.2, 0.25) is 0 Å². The molecule has 0 saturated heterocycles. The first kappa shape index (κ1) is 16.1. The molecular formula is C20H23NO. The van der Waals surface area contributed by atoms with E-state index in [1.165, 1.54) is 22.3 Å². The summed E-state index contributed by atoms with van der Waals surface area (Å²) in [5.41, 5.74) is 4.87. The molecule has 0 bridgehead atoms. The van der Waals surface area contributed by atoms with Gasteiger partial charge in [-0.1, -0.05) is 35.9 Å². The molecule has 2 aromatic rings. The summed E-state index contributed by atoms with van der Waals surface area (Å²) in [6.45, 7) is 6.94. The maximum Gasteiger partial charge on any atom is 0.119 e. The molecular weight excluding hydrogens is 270 g/mol. The topological polar surface area (TPSA) is 33.0 Å². The second-order valence-corrected chi connectivity index (χ2v) is 5.80. The molecule has 0 aromatic heterocycles. The first-order chi connectivity index (χ1) is 10.6. The maximum absolute atomic E-state index is 9.52. The lowest BCUT2D eigenvalue weighted by Crippen LogP contribution is -2.05. The largest absolute Gasteiger partial charge is 0.494 e. The van der Waals surface area contributed by atoms with Gasteiger partial charge in [0.2, 0.25) is 0 Å². The Morgan fingerprint density at radius 2 is 1.68 bits per heavy atom. The highest BCUT2D eigenvalue weighted by molar-refractivity contribution is 5.42. The van der Waals surface area contributed by atoms with Crippen molar-refractivity contribution < 1.29 is 4.74 Å². The van der Waals surface area contributed by atoms with E-state index >= 15 is 0 Å². The van der Waals surface area contributed by atoms with Crippen LogP contribution in [0.5, 0.6) is 5.75 Å². The fourth-order valence-corrected chi connectivity index (χ4v) is 3.01. The number of rotatable bonds is 6. The highest BCUT2D eigenvalue weighted by Crippen LogP contribution is 2.28. The van der Waals surface area contributed by atoms with Gasteiger partial charge in [-0.15, -0.1) is 0 Å². The van der Waals surface area contributed by atoms with Crippen molar-refractivity contribution in [1.29, 1.82) is 5.26 Å². The Balaban J connectivity index is 1.95. The van der Waals surface area contributed by atoms with Gasteiger partial charge in [0.25, 0.3) is 0 Å². The monoisotopic (exact) mass is 293 g/mol. The maximum atomic E-state index is 9.52. The molecule has 0 heterocycles. The van der Waals surface area contributed by atoms with E-state index in [0.29, 0.717) is 6.61 Å². The first-order valence-electron chi connectivity index (χ1n) is 7.77. The second kappa shape index (κ2) is 7.66. The van der Waals surface area contributed by atoms with E-state index < -0.39 is 0 Å². The van der Waals surface area contributed by atoms with E-state index in [0.717, 1.165) is 18.6 Å². The lowest BCUT2D eigenvalue weighted by molar-refractivity contribution is 0.305. The number of aryl methyl sites for hydroxylation is 3. The lowest BCUT2D eigenvalue weighted by Gasteiger charge is -2.16. The smallest absolute Gasteiger partial charge is 0.119 e. The molecule has 0 saturated carbocycles. The zero-order valence-corrected chi connectivity index (χ0v) is 13.6. The van der Waals surface area contributed by atoms with Gasteiger partial charge < -0.3 is 4.74 Å². The van der Waals surface area contributed by atoms with Crippen LogP contribution < -0.4 is 4.74 Å². The molecule has 0 aliphatic heterocycles. The van der Waals surface area contributed by atoms with Crippen molar-refractivity contribution in [2.45, 2.75) is 39.5 Å². The standard InChI is InChI=1S/C20H23NO/c1-15-12-16(2)20(17(3)13-15)18(14-21)8-7-11-22-19-9-5-4-6-10-19/h4-6,9-10,12-13,18H,7-8,11H2,1-3H3. The molecule has 0 fully saturated rings. The van der Waals surface area contributed by atoms with Crippen LogP contribution in [0, 0.1) is 32.1 Å². The fourth-order valence-electron chi connectivity index (χ4n) is 3.01. The van der Waals surface area contributed by atoms with Crippen molar-refractivity contribution in [1.82, 2.24) is 0 Å². The fraction of sp³-hybridized carbons (Fsp3) is 0.350. The van der Waals surface area contributed by atoms with E-state index in [1.807, 2.05) is 30.3 Å². The summed E-state index contributed by atoms with van der Waals surface area (Å²) in [5.74, 6) is 0.832. The van der Waals surface area contributed by atoms with E-state index in [2.05, 4.69) is 39.0 Å². The minimum Gasteiger partial charge on any atom is -0.494 e. The number of ether oxygens (including phenoxy) is 1. The Bertz CT molecular complexity index is 632. The van der Waals surface area contributed by atoms with Gasteiger partial charge in [-0.05, 0) is 62.4 Å². The van der Waals surface area contributed by atoms with Gasteiger partial charge in [-0.2, -0.15) is 5.26 Å². The number of hydrogen-bond donors (Lipinski definition) is 0. The van der Waals surface area contributed by atoms with E-state index in [1.54, 1.807) is 0 Å². The SMILES string of the molecule is Cc1cc(C)c(C(C#N)CCCOc2ccccc2)c(C)c1. The van der Waals surface area contributed by atoms with Gasteiger partial charge in [0, 0.05) is 0 Å². The highest BCUT2D eigenvalue weighted by Gasteiger charge is 2.16. The van der Waals surface area contributed by atoms with Gasteiger partial charge in [0.1, 0.15) is 5.75 Å². The van der Waals surface area contributed by atoms with Crippen molar-refractivity contribution in [3.05, 3.63) is 64.7 Å². The molecule has 2 nitrogen and oxygen atoms in total. The number of para-hydroxylation sites is 1. The summed E-state index contributed by atoms with van der Waals surface area (Å²) < 4.78 is 5.71. The van der Waals surface area contributed by atoms with Crippen LogP contribution in [0.1, 0.15) is 41.0 Å². The summed E-state index contributed by atoms with van der Waals surface area (Å²) in [6, 6.07) is 16.6. The molecule has 0 spiro atoms. The van der Waals surface area contributed by atoms with Crippen molar-refractivity contribution in [3.8, 4) is 11.8 Å². The molecule has 0 aliphatic rings. The van der Waals surface area contributed by atoms with Gasteiger partial charge >= 0.3 is 0 Å². The van der Waals surface area contributed by atoms with Crippen LogP contribution in [-0.2, 0) is 0 Å². The molecule has 2 aromatic carbocycles. The Labute approximate surface area is 133 Å². The minimum atomic E-state index is -0.0556. The third kappa shape index (κ3) is 4.11. The number of nitrogens with zero attached hydrogens (tertiary/aromatic N) is 1. The summed E-state index contributed by atoms with van der Waals surface area (Å²) >= 11 is 0. The van der Waals surface area contributed by atoms with Crippen LogP contribution in [0.3, 0.4) is 0 Å². The lowest BCUT2D eigenvalue weighted by atomic mass is 9.87. The molecule has 114 valence electrons. The van der Waals surface area contributed by atoms with Crippen molar-refractivity contribution in [2.24, 2.45) is 0 Å². The zero-order valence-electron chi connectivity index (χ0n) is 13.6. The Kier molecular flexibility index (Phi) is 5.61. The average Bonchev–Trinajstić information content (AvgIpc) is 2.49. The normalized spacial score (nSPS) is 11.7. The minimum absolute atomic E-state index is 0.0556. The van der Waals surface area contributed by atoms with Crippen LogP contribution >= 0.6 is 0 Å². The van der Waals surface area contributed by atoms with Gasteiger partial charge in [-0.25, -0.2) is 0 Å². The number of benzene rings is 2. The van der Waals surface area contributed by atoms with Crippen LogP contribution in [-0.4, -0.2) is 6.61 Å². The zero-order chi connectivity index (χ0) is 15.9. The molecule has 22 heavy (non-hydrogen) atoms. The number of hydrogen-bond acceptors (Lipinski definition) is 2. The Morgan fingerprint density at radius 3 is 2.27 bits per heavy atom. The molecule has 2 heteroatoms. The van der Waals surface area contributed by atoms with Crippen LogP contribution in [0.25, 0.3) is 0 Å². The predicted molar refractivity (Wildman–Crippen MR) is 90.2 cm³/mol. The third-order valence-corrected chi connectivity index (χ3v) is 3.89. The number of nitriles is 1. The summed E-state index contributed by atoms with van der Waals surface area (Å²) in [7, 11) is 0. The van der Waals surface area contributed by atoms with Gasteiger partial charge in [0.05, 0.1) is 18.6 Å². The van der Waals surface area contributed by atoms with Crippen molar-refractivity contribution >= 4 is 0 Å². The molecule has 0 amide bonds. The first-order valence-corrected chi connectivity index (χ1v) is 7.77. The van der Waals surface area contributed by atoms with Gasteiger partial charge in [0.15, 0.2) is 0 Å². The molecule has 0 aliphatic carbocycles. The molecule has 0 radical (unpaired) electrons. The molecule has 0 N–H and O–H groups in total. The second-order valence-electron chi connectivity index (χ2n) is 5.80. The summed E-state index contributed by atoms with van der Waals surface area (Å²) in [6.07, 6.45) is 1.70. The highest BCUT2D eigenvalue weighted by atomic mass is 16.5. The van der Waals surface area contributed by atoms with Crippen molar-refractivity contribution in [3.63, 3.8) is 0 Å². The third-order valence-electron chi connectivity index (χ3n) is 3.89. The summed E-state index contributed by atoms with van der Waals surface area (Å²) in [4.78, 5) is 0. The van der Waals surface area contributed by atoms with E-state index in [9.17, 15) is 5.26 Å².